The van der Waals surface area contributed by atoms with Crippen LogP contribution < -0.4 is 0 Å². The molecule has 1 aromatic rings. The maximum absolute atomic E-state index is 14.5. The number of nitrogens with zero attached hydrogens (tertiary/aromatic N) is 2. The van der Waals surface area contributed by atoms with Crippen molar-refractivity contribution in [3.63, 3.8) is 0 Å². The molecular weight excluding hydrogens is 455 g/mol. The highest BCUT2D eigenvalue weighted by Crippen LogP contribution is 2.48. The number of fused-ring (bicyclic) bond motifs is 1. The molecule has 9 heteroatoms. The van der Waals surface area contributed by atoms with E-state index in [2.05, 4.69) is 0 Å². The largest absolute Gasteiger partial charge is 0.508 e. The van der Waals surface area contributed by atoms with Gasteiger partial charge >= 0.3 is 5.97 Å². The first-order chi connectivity index (χ1) is 16.5. The van der Waals surface area contributed by atoms with E-state index >= 15 is 0 Å². The summed E-state index contributed by atoms with van der Waals surface area (Å²) in [6, 6.07) is 2.30. The van der Waals surface area contributed by atoms with Gasteiger partial charge in [0.1, 0.15) is 23.8 Å². The normalized spacial score (nSPS) is 26.0. The van der Waals surface area contributed by atoms with Gasteiger partial charge in [-0.25, -0.2) is 9.18 Å². The van der Waals surface area contributed by atoms with E-state index in [1.165, 1.54) is 24.0 Å². The van der Waals surface area contributed by atoms with Crippen molar-refractivity contribution in [2.45, 2.75) is 58.6 Å². The molecule has 3 heterocycles. The molecule has 1 aromatic carbocycles. The number of phenolic OH excluding ortho intramolecular Hbond substituents is 1. The molecule has 2 saturated heterocycles. The molecular formula is C26H34FN2O6+. The summed E-state index contributed by atoms with van der Waals surface area (Å²) in [5.74, 6) is -3.44. The maximum atomic E-state index is 14.5. The lowest BCUT2D eigenvalue weighted by Gasteiger charge is -2.46. The second kappa shape index (κ2) is 9.35. The van der Waals surface area contributed by atoms with Gasteiger partial charge in [0.2, 0.25) is 5.91 Å². The van der Waals surface area contributed by atoms with Crippen LogP contribution in [0.1, 0.15) is 55.5 Å². The SMILES string of the molecule is Cc1c(O)ccc(C(=O)CCC[N+]2(CC3=C(C(=O)O)N4C(=O)[C@H]([C@@H](C)O)[C@H]4[C@H]3C)CCCC2)c1F. The number of quaternary nitrogens is 1. The van der Waals surface area contributed by atoms with Crippen molar-refractivity contribution in [3.8, 4) is 5.75 Å². The number of aliphatic carboxylic acids is 1. The predicted molar refractivity (Wildman–Crippen MR) is 125 cm³/mol. The van der Waals surface area contributed by atoms with Gasteiger partial charge in [-0.2, -0.15) is 0 Å². The van der Waals surface area contributed by atoms with Crippen LogP contribution in [0, 0.1) is 24.6 Å². The number of aliphatic hydroxyl groups is 1. The molecule has 35 heavy (non-hydrogen) atoms. The van der Waals surface area contributed by atoms with Crippen LogP contribution in [0.25, 0.3) is 0 Å². The number of rotatable bonds is 9. The molecule has 3 aliphatic rings. The quantitative estimate of drug-likeness (QED) is 0.279. The minimum atomic E-state index is -1.13. The van der Waals surface area contributed by atoms with E-state index in [1.54, 1.807) is 6.92 Å². The number of carbonyl (C=O) groups excluding carboxylic acids is 2. The third-order valence-electron chi connectivity index (χ3n) is 8.23. The van der Waals surface area contributed by atoms with Gasteiger partial charge in [-0.3, -0.25) is 9.59 Å². The molecule has 0 aliphatic carbocycles. The molecule has 0 radical (unpaired) electrons. The summed E-state index contributed by atoms with van der Waals surface area (Å²) < 4.78 is 15.1. The third kappa shape index (κ3) is 4.25. The highest BCUT2D eigenvalue weighted by atomic mass is 19.1. The second-order valence-corrected chi connectivity index (χ2v) is 10.4. The van der Waals surface area contributed by atoms with Crippen molar-refractivity contribution in [1.82, 2.24) is 4.90 Å². The number of phenols is 1. The number of hydrogen-bond donors (Lipinski definition) is 3. The Labute approximate surface area is 204 Å². The van der Waals surface area contributed by atoms with Gasteiger partial charge in [0.15, 0.2) is 5.78 Å². The molecule has 2 fully saturated rings. The van der Waals surface area contributed by atoms with Crippen LogP contribution in [0.2, 0.25) is 0 Å². The first-order valence-corrected chi connectivity index (χ1v) is 12.3. The van der Waals surface area contributed by atoms with Gasteiger partial charge in [0, 0.05) is 42.7 Å². The molecule has 3 aliphatic heterocycles. The van der Waals surface area contributed by atoms with E-state index in [0.29, 0.717) is 24.0 Å². The summed E-state index contributed by atoms with van der Waals surface area (Å²) in [6.07, 6.45) is 1.81. The zero-order valence-electron chi connectivity index (χ0n) is 20.5. The molecule has 3 N–H and O–H groups in total. The number of likely N-dealkylation sites (tertiary alicyclic amines) is 1. The van der Waals surface area contributed by atoms with Crippen LogP contribution in [0.4, 0.5) is 4.39 Å². The molecule has 4 rings (SSSR count). The number of hydrogen-bond acceptors (Lipinski definition) is 5. The number of Topliss-reactive ketones (excluding diaryl/α,β-unsaturated/α-hetero) is 1. The van der Waals surface area contributed by atoms with Crippen LogP contribution in [-0.2, 0) is 9.59 Å². The topological polar surface area (TPSA) is 115 Å². The van der Waals surface area contributed by atoms with Crippen LogP contribution in [0.3, 0.4) is 0 Å². The molecule has 0 aromatic heterocycles. The smallest absolute Gasteiger partial charge is 0.352 e. The first kappa shape index (κ1) is 25.3. The Kier molecular flexibility index (Phi) is 6.76. The van der Waals surface area contributed by atoms with Crippen molar-refractivity contribution in [1.29, 1.82) is 0 Å². The summed E-state index contributed by atoms with van der Waals surface area (Å²) in [4.78, 5) is 38.9. The fourth-order valence-corrected chi connectivity index (χ4v) is 6.28. The number of carbonyl (C=O) groups is 3. The van der Waals surface area contributed by atoms with Crippen LogP contribution >= 0.6 is 0 Å². The van der Waals surface area contributed by atoms with Crippen molar-refractivity contribution < 1.29 is 38.6 Å². The van der Waals surface area contributed by atoms with E-state index < -0.39 is 23.8 Å². The predicted octanol–water partition coefficient (Wildman–Crippen LogP) is 2.61. The van der Waals surface area contributed by atoms with Gasteiger partial charge in [0.25, 0.3) is 0 Å². The van der Waals surface area contributed by atoms with Gasteiger partial charge < -0.3 is 24.7 Å². The molecule has 8 nitrogen and oxygen atoms in total. The Morgan fingerprint density at radius 2 is 1.91 bits per heavy atom. The Hall–Kier alpha value is -2.78. The fourth-order valence-electron chi connectivity index (χ4n) is 6.28. The monoisotopic (exact) mass is 489 g/mol. The summed E-state index contributed by atoms with van der Waals surface area (Å²) in [6.45, 7) is 7.75. The Bertz CT molecular complexity index is 1090. The molecule has 1 amide bonds. The zero-order chi connectivity index (χ0) is 25.7. The number of ketones is 1. The van der Waals surface area contributed by atoms with Crippen molar-refractivity contribution in [3.05, 3.63) is 40.3 Å². The molecule has 0 bridgehead atoms. The minimum Gasteiger partial charge on any atom is -0.508 e. The molecule has 0 spiro atoms. The van der Waals surface area contributed by atoms with E-state index in [9.17, 15) is 34.1 Å². The lowest BCUT2D eigenvalue weighted by atomic mass is 9.77. The first-order valence-electron chi connectivity index (χ1n) is 12.3. The summed E-state index contributed by atoms with van der Waals surface area (Å²) in [5.41, 5.74) is 0.802. The molecule has 4 atom stereocenters. The molecule has 0 unspecified atom stereocenters. The van der Waals surface area contributed by atoms with Gasteiger partial charge in [0.05, 0.1) is 43.3 Å². The minimum absolute atomic E-state index is 0.0272. The number of β-lactam (4-membered cyclic amide) rings is 1. The lowest BCUT2D eigenvalue weighted by Crippen LogP contribution is -2.63. The van der Waals surface area contributed by atoms with E-state index in [4.69, 9.17) is 0 Å². The van der Waals surface area contributed by atoms with Crippen LogP contribution in [-0.4, -0.2) is 80.7 Å². The third-order valence-corrected chi connectivity index (χ3v) is 8.23. The summed E-state index contributed by atoms with van der Waals surface area (Å²) >= 11 is 0. The number of aliphatic hydroxyl groups excluding tert-OH is 1. The lowest BCUT2D eigenvalue weighted by molar-refractivity contribution is -0.912. The van der Waals surface area contributed by atoms with Gasteiger partial charge in [-0.1, -0.05) is 6.92 Å². The number of benzene rings is 1. The average Bonchev–Trinajstić information content (AvgIpc) is 3.34. The maximum Gasteiger partial charge on any atom is 0.352 e. The number of carboxylic acids is 1. The number of amides is 1. The Morgan fingerprint density at radius 3 is 2.51 bits per heavy atom. The summed E-state index contributed by atoms with van der Waals surface area (Å²) in [5, 5.41) is 29.7. The summed E-state index contributed by atoms with van der Waals surface area (Å²) in [7, 11) is 0. The van der Waals surface area contributed by atoms with Crippen molar-refractivity contribution in [2.24, 2.45) is 11.8 Å². The highest BCUT2D eigenvalue weighted by Gasteiger charge is 2.60. The van der Waals surface area contributed by atoms with Crippen LogP contribution in [0.5, 0.6) is 5.75 Å². The Balaban J connectivity index is 1.50. The fraction of sp³-hybridized carbons (Fsp3) is 0.577. The number of halogens is 1. The second-order valence-electron chi connectivity index (χ2n) is 10.4. The molecule has 190 valence electrons. The van der Waals surface area contributed by atoms with Gasteiger partial charge in [-0.15, -0.1) is 0 Å². The Morgan fingerprint density at radius 1 is 1.26 bits per heavy atom. The number of aromatic hydroxyl groups is 1. The molecule has 0 saturated carbocycles. The van der Waals surface area contributed by atoms with E-state index in [0.717, 1.165) is 31.5 Å². The van der Waals surface area contributed by atoms with E-state index in [-0.39, 0.29) is 52.6 Å². The zero-order valence-corrected chi connectivity index (χ0v) is 20.5. The van der Waals surface area contributed by atoms with E-state index in [1.807, 2.05) is 6.92 Å². The highest BCUT2D eigenvalue weighted by molar-refractivity contribution is 6.00. The van der Waals surface area contributed by atoms with Crippen molar-refractivity contribution >= 4 is 17.7 Å². The standard InChI is InChI=1S/C26H33FN2O6/c1-14-18(24(26(34)35)28-23(14)21(16(3)30)25(28)33)13-29(10-4-5-11-29)12-6-7-20(32)17-8-9-19(31)15(2)22(17)27/h8-9,14,16,21,23,30H,4-7,10-13H2,1-3H3,(H-,31,32,34,35)/p+1/t14-,16+,21+,23+/m0/s1. The number of carboxylic acid groups (broad SMARTS) is 1. The van der Waals surface area contributed by atoms with Crippen LogP contribution in [0.15, 0.2) is 23.4 Å². The average molecular weight is 490 g/mol. The van der Waals surface area contributed by atoms with Gasteiger partial charge in [-0.05, 0) is 26.0 Å². The van der Waals surface area contributed by atoms with Crippen molar-refractivity contribution in [2.75, 3.05) is 26.2 Å².